The third-order valence-electron chi connectivity index (χ3n) is 5.85. The lowest BCUT2D eigenvalue weighted by atomic mass is 10.1. The molecule has 11 heteroatoms. The molecule has 0 aliphatic carbocycles. The third kappa shape index (κ3) is 5.08. The smallest absolute Gasteiger partial charge is 0.414 e. The van der Waals surface area contributed by atoms with E-state index in [-0.39, 0.29) is 17.6 Å². The van der Waals surface area contributed by atoms with E-state index in [2.05, 4.69) is 16.8 Å². The minimum Gasteiger partial charge on any atom is -0.442 e. The van der Waals surface area contributed by atoms with Crippen molar-refractivity contribution in [3.05, 3.63) is 42.3 Å². The lowest BCUT2D eigenvalue weighted by molar-refractivity contribution is 0.112. The third-order valence-corrected chi connectivity index (χ3v) is 7.45. The maximum atomic E-state index is 15.0. The summed E-state index contributed by atoms with van der Waals surface area (Å²) < 4.78 is 43.6. The Balaban J connectivity index is 1.45. The number of nitrogens with zero attached hydrogens (tertiary/aromatic N) is 5. The fourth-order valence-corrected chi connectivity index (χ4v) is 5.13. The molecular formula is C22H26FN5O4S. The van der Waals surface area contributed by atoms with E-state index in [0.717, 1.165) is 0 Å². The van der Waals surface area contributed by atoms with Crippen LogP contribution in [0.5, 0.6) is 0 Å². The first-order chi connectivity index (χ1) is 15.8. The van der Waals surface area contributed by atoms with Gasteiger partial charge in [-0.05, 0) is 37.3 Å². The van der Waals surface area contributed by atoms with E-state index >= 15 is 0 Å². The van der Waals surface area contributed by atoms with Crippen LogP contribution in [-0.4, -0.2) is 81.6 Å². The van der Waals surface area contributed by atoms with Gasteiger partial charge in [-0.1, -0.05) is 0 Å². The summed E-state index contributed by atoms with van der Waals surface area (Å²) in [4.78, 5) is 20.0. The number of hydrogen-bond donors (Lipinski definition) is 0. The molecule has 1 aromatic carbocycles. The van der Waals surface area contributed by atoms with Crippen molar-refractivity contribution in [3.8, 4) is 11.1 Å². The predicted molar refractivity (Wildman–Crippen MR) is 125 cm³/mol. The Morgan fingerprint density at radius 3 is 2.64 bits per heavy atom. The summed E-state index contributed by atoms with van der Waals surface area (Å²) in [6, 6.07) is 8.11. The quantitative estimate of drug-likeness (QED) is 0.448. The molecular weight excluding hydrogens is 449 g/mol. The normalized spacial score (nSPS) is 19.9. The van der Waals surface area contributed by atoms with Gasteiger partial charge < -0.3 is 9.64 Å². The molecule has 1 unspecified atom stereocenters. The van der Waals surface area contributed by atoms with Gasteiger partial charge in [0, 0.05) is 43.7 Å². The first-order valence-corrected chi connectivity index (χ1v) is 12.5. The average molecular weight is 476 g/mol. The molecule has 33 heavy (non-hydrogen) atoms. The van der Waals surface area contributed by atoms with Crippen molar-refractivity contribution >= 4 is 34.2 Å². The highest BCUT2D eigenvalue weighted by Crippen LogP contribution is 2.30. The Hall–Kier alpha value is -3.21. The van der Waals surface area contributed by atoms with Gasteiger partial charge in [0.05, 0.1) is 30.3 Å². The number of carbonyl (C=O) groups excluding carboxylic acids is 1. The fourth-order valence-electron chi connectivity index (χ4n) is 3.93. The molecule has 2 aliphatic heterocycles. The number of ether oxygens (including phenoxy) is 1. The number of benzene rings is 1. The first-order valence-electron chi connectivity index (χ1n) is 10.7. The second kappa shape index (κ2) is 9.34. The van der Waals surface area contributed by atoms with Crippen LogP contribution in [0.2, 0.25) is 0 Å². The molecule has 1 amide bonds. The monoisotopic (exact) mass is 475 g/mol. The van der Waals surface area contributed by atoms with Gasteiger partial charge in [-0.25, -0.2) is 22.6 Å². The number of rotatable bonds is 7. The van der Waals surface area contributed by atoms with E-state index < -0.39 is 21.7 Å². The first kappa shape index (κ1) is 23.0. The number of hydrazone groups is 1. The molecule has 2 fully saturated rings. The standard InChI is InChI=1S/C22H26FN5O4S/c1-3-27(24-2)14-18-15-28(22(29)32-18)17-5-6-19(20(23)12-17)16-4-7-21(25-13-16)26-8-10-33(30,31)11-9-26/h4-7,12-13,18H,2-3,8-11,14-15H2,1H3. The van der Waals surface area contributed by atoms with E-state index in [1.165, 1.54) is 11.0 Å². The maximum absolute atomic E-state index is 15.0. The van der Waals surface area contributed by atoms with Crippen molar-refractivity contribution in [3.63, 3.8) is 0 Å². The highest BCUT2D eigenvalue weighted by atomic mass is 32.2. The Morgan fingerprint density at radius 1 is 1.27 bits per heavy atom. The Kier molecular flexibility index (Phi) is 6.50. The summed E-state index contributed by atoms with van der Waals surface area (Å²) >= 11 is 0. The lowest BCUT2D eigenvalue weighted by Crippen LogP contribution is -2.40. The van der Waals surface area contributed by atoms with Gasteiger partial charge in [0.2, 0.25) is 0 Å². The second-order valence-corrected chi connectivity index (χ2v) is 10.3. The molecule has 176 valence electrons. The SMILES string of the molecule is C=NN(CC)CC1CN(c2ccc(-c3ccc(N4CCS(=O)(=O)CC4)nc3)c(F)c2)C(=O)O1. The average Bonchev–Trinajstić information content (AvgIpc) is 3.17. The highest BCUT2D eigenvalue weighted by molar-refractivity contribution is 7.91. The van der Waals surface area contributed by atoms with Crippen molar-refractivity contribution in [2.24, 2.45) is 5.10 Å². The Labute approximate surface area is 192 Å². The van der Waals surface area contributed by atoms with Crippen molar-refractivity contribution in [2.45, 2.75) is 13.0 Å². The van der Waals surface area contributed by atoms with Gasteiger partial charge in [-0.15, -0.1) is 0 Å². The zero-order valence-corrected chi connectivity index (χ0v) is 19.2. The molecule has 4 rings (SSSR count). The number of pyridine rings is 1. The van der Waals surface area contributed by atoms with Crippen LogP contribution in [0, 0.1) is 5.82 Å². The number of anilines is 2. The number of hydrogen-bond acceptors (Lipinski definition) is 8. The molecule has 1 atom stereocenters. The molecule has 9 nitrogen and oxygen atoms in total. The van der Waals surface area contributed by atoms with Crippen LogP contribution in [0.15, 0.2) is 41.6 Å². The number of aromatic nitrogens is 1. The molecule has 3 heterocycles. The van der Waals surface area contributed by atoms with E-state index in [9.17, 15) is 17.6 Å². The summed E-state index contributed by atoms with van der Waals surface area (Å²) in [5, 5.41) is 5.57. The molecule has 2 saturated heterocycles. The van der Waals surface area contributed by atoms with Gasteiger partial charge in [0.15, 0.2) is 9.84 Å². The van der Waals surface area contributed by atoms with Crippen molar-refractivity contribution < 1.29 is 22.3 Å². The van der Waals surface area contributed by atoms with Crippen LogP contribution in [-0.2, 0) is 14.6 Å². The summed E-state index contributed by atoms with van der Waals surface area (Å²) in [7, 11) is -2.97. The summed E-state index contributed by atoms with van der Waals surface area (Å²) in [5.41, 5.74) is 1.36. The Bertz CT molecular complexity index is 1130. The number of carbonyl (C=O) groups is 1. The number of cyclic esters (lactones) is 1. The topological polar surface area (TPSA) is 95.4 Å². The largest absolute Gasteiger partial charge is 0.442 e. The van der Waals surface area contributed by atoms with Crippen molar-refractivity contribution in [1.82, 2.24) is 9.99 Å². The van der Waals surface area contributed by atoms with Crippen LogP contribution < -0.4 is 9.80 Å². The molecule has 0 radical (unpaired) electrons. The van der Waals surface area contributed by atoms with Gasteiger partial charge in [0.25, 0.3) is 0 Å². The van der Waals surface area contributed by atoms with E-state index in [4.69, 9.17) is 4.74 Å². The van der Waals surface area contributed by atoms with E-state index in [1.54, 1.807) is 35.5 Å². The van der Waals surface area contributed by atoms with Crippen molar-refractivity contribution in [1.29, 1.82) is 0 Å². The summed E-state index contributed by atoms with van der Waals surface area (Å²) in [5.74, 6) is 0.386. The lowest BCUT2D eigenvalue weighted by Gasteiger charge is -2.27. The molecule has 1 aromatic heterocycles. The van der Waals surface area contributed by atoms with Gasteiger partial charge in [-0.3, -0.25) is 9.91 Å². The molecule has 0 N–H and O–H groups in total. The Morgan fingerprint density at radius 2 is 2.03 bits per heavy atom. The fraction of sp³-hybridized carbons (Fsp3) is 0.409. The van der Waals surface area contributed by atoms with Crippen LogP contribution in [0.1, 0.15) is 6.92 Å². The second-order valence-electron chi connectivity index (χ2n) is 7.97. The van der Waals surface area contributed by atoms with Crippen LogP contribution in [0.3, 0.4) is 0 Å². The van der Waals surface area contributed by atoms with Crippen molar-refractivity contribution in [2.75, 3.05) is 54.0 Å². The van der Waals surface area contributed by atoms with Crippen LogP contribution >= 0.6 is 0 Å². The minimum atomic E-state index is -2.97. The van der Waals surface area contributed by atoms with Gasteiger partial charge in [0.1, 0.15) is 17.7 Å². The van der Waals surface area contributed by atoms with E-state index in [0.29, 0.717) is 55.4 Å². The molecule has 0 bridgehead atoms. The summed E-state index contributed by atoms with van der Waals surface area (Å²) in [6.07, 6.45) is 0.659. The van der Waals surface area contributed by atoms with Gasteiger partial charge >= 0.3 is 6.09 Å². The predicted octanol–water partition coefficient (Wildman–Crippen LogP) is 2.39. The highest BCUT2D eigenvalue weighted by Gasteiger charge is 2.33. The molecule has 2 aliphatic rings. The maximum Gasteiger partial charge on any atom is 0.414 e. The molecule has 0 spiro atoms. The van der Waals surface area contributed by atoms with Crippen LogP contribution in [0.4, 0.5) is 20.7 Å². The minimum absolute atomic E-state index is 0.104. The molecule has 0 saturated carbocycles. The number of sulfone groups is 1. The summed E-state index contributed by atoms with van der Waals surface area (Å²) in [6.45, 7) is 7.57. The number of halogens is 1. The van der Waals surface area contributed by atoms with Crippen LogP contribution in [0.25, 0.3) is 11.1 Å². The number of amides is 1. The van der Waals surface area contributed by atoms with E-state index in [1.807, 2.05) is 11.8 Å². The zero-order valence-electron chi connectivity index (χ0n) is 18.4. The molecule has 2 aromatic rings. The zero-order chi connectivity index (χ0) is 23.6. The number of likely N-dealkylation sites (N-methyl/N-ethyl adjacent to an activating group) is 1. The van der Waals surface area contributed by atoms with Gasteiger partial charge in [-0.2, -0.15) is 5.10 Å².